The van der Waals surface area contributed by atoms with Crippen molar-refractivity contribution in [1.82, 2.24) is 14.7 Å². The average molecular weight is 348 g/mol. The largest absolute Gasteiger partial charge is 0.462 e. The number of likely N-dealkylation sites (N-methyl/N-ethyl adjacent to an activating group) is 1. The maximum Gasteiger partial charge on any atom is 0.338 e. The Morgan fingerprint density at radius 2 is 1.76 bits per heavy atom. The van der Waals surface area contributed by atoms with Gasteiger partial charge in [0.2, 0.25) is 0 Å². The maximum absolute atomic E-state index is 12.4. The molecule has 1 heterocycles. The summed E-state index contributed by atoms with van der Waals surface area (Å²) in [4.78, 5) is 30.3. The van der Waals surface area contributed by atoms with Gasteiger partial charge in [-0.3, -0.25) is 4.90 Å². The van der Waals surface area contributed by atoms with Crippen molar-refractivity contribution in [3.05, 3.63) is 29.8 Å². The second-order valence-corrected chi connectivity index (χ2v) is 6.36. The highest BCUT2D eigenvalue weighted by Gasteiger charge is 2.21. The molecule has 25 heavy (non-hydrogen) atoms. The molecule has 2 rings (SSSR count). The molecule has 138 valence electrons. The van der Waals surface area contributed by atoms with Gasteiger partial charge in [0.25, 0.3) is 0 Å². The zero-order chi connectivity index (χ0) is 18.2. The van der Waals surface area contributed by atoms with Gasteiger partial charge < -0.3 is 19.9 Å². The number of piperazine rings is 1. The Morgan fingerprint density at radius 1 is 1.12 bits per heavy atom. The van der Waals surface area contributed by atoms with Crippen molar-refractivity contribution in [2.45, 2.75) is 6.92 Å². The molecule has 1 N–H and O–H groups in total. The van der Waals surface area contributed by atoms with E-state index in [4.69, 9.17) is 4.74 Å². The number of nitrogens with zero attached hydrogens (tertiary/aromatic N) is 3. The van der Waals surface area contributed by atoms with E-state index in [9.17, 15) is 9.59 Å². The van der Waals surface area contributed by atoms with Gasteiger partial charge >= 0.3 is 12.0 Å². The lowest BCUT2D eigenvalue weighted by Gasteiger charge is -2.35. The van der Waals surface area contributed by atoms with Gasteiger partial charge in [-0.1, -0.05) is 0 Å². The van der Waals surface area contributed by atoms with Gasteiger partial charge in [-0.2, -0.15) is 0 Å². The fourth-order valence-corrected chi connectivity index (χ4v) is 2.62. The van der Waals surface area contributed by atoms with Crippen LogP contribution >= 0.6 is 0 Å². The summed E-state index contributed by atoms with van der Waals surface area (Å²) in [7, 11) is 4.13. The van der Waals surface area contributed by atoms with Crippen molar-refractivity contribution < 1.29 is 14.3 Å². The molecule has 1 aliphatic rings. The molecule has 0 spiro atoms. The van der Waals surface area contributed by atoms with E-state index in [-0.39, 0.29) is 12.0 Å². The maximum atomic E-state index is 12.4. The number of hydrogen-bond acceptors (Lipinski definition) is 5. The summed E-state index contributed by atoms with van der Waals surface area (Å²) in [5.41, 5.74) is 1.16. The second kappa shape index (κ2) is 9.39. The van der Waals surface area contributed by atoms with Crippen LogP contribution in [-0.4, -0.2) is 86.7 Å². The monoisotopic (exact) mass is 348 g/mol. The van der Waals surface area contributed by atoms with Gasteiger partial charge in [0.05, 0.1) is 12.2 Å². The van der Waals surface area contributed by atoms with Gasteiger partial charge in [-0.15, -0.1) is 0 Å². The Hall–Kier alpha value is -2.12. The number of nitrogens with one attached hydrogen (secondary N) is 1. The average Bonchev–Trinajstić information content (AvgIpc) is 2.61. The van der Waals surface area contributed by atoms with Crippen LogP contribution in [0.5, 0.6) is 0 Å². The lowest BCUT2D eigenvalue weighted by atomic mass is 10.2. The van der Waals surface area contributed by atoms with Crippen LogP contribution in [0.4, 0.5) is 10.5 Å². The summed E-state index contributed by atoms with van der Waals surface area (Å²) in [5, 5.41) is 2.88. The highest BCUT2D eigenvalue weighted by molar-refractivity contribution is 5.92. The molecular formula is C18H28N4O3. The number of hydrogen-bond donors (Lipinski definition) is 1. The number of benzene rings is 1. The molecule has 0 atom stereocenters. The van der Waals surface area contributed by atoms with Crippen LogP contribution in [0.2, 0.25) is 0 Å². The molecule has 0 aromatic heterocycles. The first-order valence-corrected chi connectivity index (χ1v) is 8.69. The third kappa shape index (κ3) is 6.03. The Labute approximate surface area is 149 Å². The summed E-state index contributed by atoms with van der Waals surface area (Å²) in [6, 6.07) is 6.66. The van der Waals surface area contributed by atoms with Crippen molar-refractivity contribution in [1.29, 1.82) is 0 Å². The Kier molecular flexibility index (Phi) is 7.21. The van der Waals surface area contributed by atoms with Gasteiger partial charge in [0.15, 0.2) is 0 Å². The highest BCUT2D eigenvalue weighted by Crippen LogP contribution is 2.12. The molecular weight excluding hydrogens is 320 g/mol. The fourth-order valence-electron chi connectivity index (χ4n) is 2.62. The van der Waals surface area contributed by atoms with Crippen molar-refractivity contribution in [3.8, 4) is 0 Å². The predicted molar refractivity (Wildman–Crippen MR) is 98.0 cm³/mol. The number of carbonyl (C=O) groups excluding carboxylic acids is 2. The minimum atomic E-state index is -0.353. The van der Waals surface area contributed by atoms with Crippen LogP contribution in [-0.2, 0) is 4.74 Å². The van der Waals surface area contributed by atoms with Gasteiger partial charge in [0, 0.05) is 45.0 Å². The smallest absolute Gasteiger partial charge is 0.338 e. The topological polar surface area (TPSA) is 65.1 Å². The molecule has 2 amide bonds. The van der Waals surface area contributed by atoms with Crippen LogP contribution in [0.3, 0.4) is 0 Å². The van der Waals surface area contributed by atoms with Crippen molar-refractivity contribution >= 4 is 17.7 Å². The molecule has 1 aliphatic heterocycles. The predicted octanol–water partition coefficient (Wildman–Crippen LogP) is 1.57. The van der Waals surface area contributed by atoms with E-state index in [2.05, 4.69) is 29.2 Å². The standard InChI is InChI=1S/C18H28N4O3/c1-4-25-17(23)15-5-7-16(8-6-15)19-18(24)22-13-11-21(12-14-22)10-9-20(2)3/h5-8H,4,9-14H2,1-3H3,(H,19,24). The second-order valence-electron chi connectivity index (χ2n) is 6.36. The third-order valence-corrected chi connectivity index (χ3v) is 4.17. The molecule has 7 nitrogen and oxygen atoms in total. The van der Waals surface area contributed by atoms with E-state index >= 15 is 0 Å². The first kappa shape index (κ1) is 19.2. The molecule has 0 bridgehead atoms. The molecule has 1 aromatic rings. The van der Waals surface area contributed by atoms with E-state index in [0.717, 1.165) is 39.3 Å². The zero-order valence-corrected chi connectivity index (χ0v) is 15.3. The lowest BCUT2D eigenvalue weighted by Crippen LogP contribution is -2.51. The Morgan fingerprint density at radius 3 is 2.32 bits per heavy atom. The van der Waals surface area contributed by atoms with E-state index in [1.54, 1.807) is 31.2 Å². The normalized spacial score (nSPS) is 15.3. The summed E-state index contributed by atoms with van der Waals surface area (Å²) < 4.78 is 4.95. The van der Waals surface area contributed by atoms with Gasteiger partial charge in [0.1, 0.15) is 0 Å². The number of anilines is 1. The summed E-state index contributed by atoms with van der Waals surface area (Å²) in [6.07, 6.45) is 0. The van der Waals surface area contributed by atoms with Crippen molar-refractivity contribution in [3.63, 3.8) is 0 Å². The summed E-state index contributed by atoms with van der Waals surface area (Å²) >= 11 is 0. The number of amides is 2. The van der Waals surface area contributed by atoms with Crippen LogP contribution < -0.4 is 5.32 Å². The minimum Gasteiger partial charge on any atom is -0.462 e. The Balaban J connectivity index is 1.79. The molecule has 0 unspecified atom stereocenters. The van der Waals surface area contributed by atoms with Crippen molar-refractivity contribution in [2.24, 2.45) is 0 Å². The Bertz CT molecular complexity index is 566. The molecule has 0 aliphatic carbocycles. The van der Waals surface area contributed by atoms with Crippen LogP contribution in [0.1, 0.15) is 17.3 Å². The summed E-state index contributed by atoms with van der Waals surface area (Å²) in [5.74, 6) is -0.353. The first-order valence-electron chi connectivity index (χ1n) is 8.69. The van der Waals surface area contributed by atoms with Crippen molar-refractivity contribution in [2.75, 3.05) is 65.3 Å². The lowest BCUT2D eigenvalue weighted by molar-refractivity contribution is 0.0526. The number of urea groups is 1. The number of carbonyl (C=O) groups is 2. The van der Waals surface area contributed by atoms with E-state index in [1.807, 2.05) is 4.90 Å². The number of esters is 1. The molecule has 7 heteroatoms. The molecule has 1 saturated heterocycles. The zero-order valence-electron chi connectivity index (χ0n) is 15.3. The number of rotatable bonds is 6. The van der Waals surface area contributed by atoms with E-state index in [0.29, 0.717) is 17.9 Å². The molecule has 1 fully saturated rings. The van der Waals surface area contributed by atoms with Crippen LogP contribution in [0.15, 0.2) is 24.3 Å². The molecule has 1 aromatic carbocycles. The van der Waals surface area contributed by atoms with Crippen LogP contribution in [0.25, 0.3) is 0 Å². The highest BCUT2D eigenvalue weighted by atomic mass is 16.5. The SMILES string of the molecule is CCOC(=O)c1ccc(NC(=O)N2CCN(CCN(C)C)CC2)cc1. The van der Waals surface area contributed by atoms with Gasteiger partial charge in [-0.05, 0) is 45.3 Å². The quantitative estimate of drug-likeness (QED) is 0.791. The van der Waals surface area contributed by atoms with Crippen LogP contribution in [0, 0.1) is 0 Å². The fraction of sp³-hybridized carbons (Fsp3) is 0.556. The van der Waals surface area contributed by atoms with E-state index in [1.165, 1.54) is 0 Å². The molecule has 0 saturated carbocycles. The minimum absolute atomic E-state index is 0.101. The number of ether oxygens (including phenoxy) is 1. The molecule has 0 radical (unpaired) electrons. The summed E-state index contributed by atoms with van der Waals surface area (Å²) in [6.45, 7) is 7.40. The third-order valence-electron chi connectivity index (χ3n) is 4.17. The van der Waals surface area contributed by atoms with E-state index < -0.39 is 0 Å². The van der Waals surface area contributed by atoms with Gasteiger partial charge in [-0.25, -0.2) is 9.59 Å². The first-order chi connectivity index (χ1) is 12.0.